The van der Waals surface area contributed by atoms with Crippen LogP contribution in [0.3, 0.4) is 0 Å². The van der Waals surface area contributed by atoms with Gasteiger partial charge in [-0.3, -0.25) is 9.59 Å². The molecule has 2 rings (SSSR count). The standard InChI is InChI=1S/C14H13N3O4S/c1-2-6-15-11(18)8-20-13(19)4-3-12-16-14(17-21-12)10-5-7-22-9-10/h1,5,7,9H,3-4,6,8H2,(H,15,18). The third-order valence-corrected chi connectivity index (χ3v) is 3.23. The minimum Gasteiger partial charge on any atom is -0.456 e. The Morgan fingerprint density at radius 3 is 3.09 bits per heavy atom. The van der Waals surface area contributed by atoms with Gasteiger partial charge in [-0.15, -0.1) is 6.42 Å². The lowest BCUT2D eigenvalue weighted by Gasteiger charge is -2.03. The summed E-state index contributed by atoms with van der Waals surface area (Å²) in [6.45, 7) is -0.256. The summed E-state index contributed by atoms with van der Waals surface area (Å²) in [4.78, 5) is 26.9. The molecule has 22 heavy (non-hydrogen) atoms. The molecule has 0 saturated heterocycles. The van der Waals surface area contributed by atoms with Crippen molar-refractivity contribution in [1.82, 2.24) is 15.5 Å². The van der Waals surface area contributed by atoms with Crippen molar-refractivity contribution in [2.75, 3.05) is 13.2 Å². The minimum absolute atomic E-state index is 0.0493. The first-order valence-electron chi connectivity index (χ1n) is 6.40. The van der Waals surface area contributed by atoms with E-state index < -0.39 is 11.9 Å². The first kappa shape index (κ1) is 15.7. The number of hydrogen-bond acceptors (Lipinski definition) is 7. The molecule has 0 bridgehead atoms. The first-order chi connectivity index (χ1) is 10.7. The number of rotatable bonds is 7. The lowest BCUT2D eigenvalue weighted by molar-refractivity contribution is -0.148. The van der Waals surface area contributed by atoms with Crippen LogP contribution >= 0.6 is 11.3 Å². The van der Waals surface area contributed by atoms with Crippen molar-refractivity contribution < 1.29 is 18.8 Å². The van der Waals surface area contributed by atoms with Crippen molar-refractivity contribution in [3.63, 3.8) is 0 Å². The lowest BCUT2D eigenvalue weighted by atomic mass is 10.3. The monoisotopic (exact) mass is 319 g/mol. The average molecular weight is 319 g/mol. The van der Waals surface area contributed by atoms with Gasteiger partial charge in [0.05, 0.1) is 13.0 Å². The van der Waals surface area contributed by atoms with E-state index in [1.165, 1.54) is 11.3 Å². The van der Waals surface area contributed by atoms with E-state index in [9.17, 15) is 9.59 Å². The number of nitrogens with one attached hydrogen (secondary N) is 1. The maximum absolute atomic E-state index is 11.5. The van der Waals surface area contributed by atoms with Crippen molar-refractivity contribution in [2.24, 2.45) is 0 Å². The lowest BCUT2D eigenvalue weighted by Crippen LogP contribution is -2.29. The predicted molar refractivity (Wildman–Crippen MR) is 78.7 cm³/mol. The van der Waals surface area contributed by atoms with Gasteiger partial charge in [0.1, 0.15) is 0 Å². The van der Waals surface area contributed by atoms with Crippen molar-refractivity contribution in [2.45, 2.75) is 12.8 Å². The fourth-order valence-electron chi connectivity index (χ4n) is 1.49. The first-order valence-corrected chi connectivity index (χ1v) is 7.34. The molecular formula is C14H13N3O4S. The molecule has 8 heteroatoms. The highest BCUT2D eigenvalue weighted by Gasteiger charge is 2.12. The Hall–Kier alpha value is -2.66. The fourth-order valence-corrected chi connectivity index (χ4v) is 2.13. The van der Waals surface area contributed by atoms with E-state index in [0.717, 1.165) is 5.56 Å². The van der Waals surface area contributed by atoms with E-state index in [2.05, 4.69) is 21.4 Å². The zero-order valence-electron chi connectivity index (χ0n) is 11.6. The van der Waals surface area contributed by atoms with Crippen LogP contribution in [0.4, 0.5) is 0 Å². The largest absolute Gasteiger partial charge is 0.456 e. The molecule has 7 nitrogen and oxygen atoms in total. The molecule has 0 aromatic carbocycles. The molecule has 0 radical (unpaired) electrons. The maximum Gasteiger partial charge on any atom is 0.306 e. The molecule has 0 aliphatic carbocycles. The van der Waals surface area contributed by atoms with E-state index >= 15 is 0 Å². The Morgan fingerprint density at radius 2 is 2.36 bits per heavy atom. The second-order valence-corrected chi connectivity index (χ2v) is 4.95. The van der Waals surface area contributed by atoms with Gasteiger partial charge in [-0.25, -0.2) is 0 Å². The Labute approximate surface area is 130 Å². The summed E-state index contributed by atoms with van der Waals surface area (Å²) in [5.41, 5.74) is 0.868. The predicted octanol–water partition coefficient (Wildman–Crippen LogP) is 1.02. The quantitative estimate of drug-likeness (QED) is 0.605. The number of esters is 1. The zero-order chi connectivity index (χ0) is 15.8. The van der Waals surface area contributed by atoms with Crippen molar-refractivity contribution in [3.05, 3.63) is 22.7 Å². The number of aromatic nitrogens is 2. The molecule has 0 saturated carbocycles. The van der Waals surface area contributed by atoms with E-state index in [1.54, 1.807) is 0 Å². The Balaban J connectivity index is 1.73. The van der Waals surface area contributed by atoms with Gasteiger partial charge in [0.25, 0.3) is 5.91 Å². The Bertz CT molecular complexity index is 673. The highest BCUT2D eigenvalue weighted by atomic mass is 32.1. The number of aryl methyl sites for hydroxylation is 1. The van der Waals surface area contributed by atoms with Crippen LogP contribution in [-0.4, -0.2) is 35.2 Å². The van der Waals surface area contributed by atoms with Gasteiger partial charge >= 0.3 is 5.97 Å². The molecule has 0 atom stereocenters. The van der Waals surface area contributed by atoms with Crippen LogP contribution in [-0.2, 0) is 20.7 Å². The second kappa shape index (κ2) is 7.95. The van der Waals surface area contributed by atoms with E-state index in [-0.39, 0.29) is 26.0 Å². The summed E-state index contributed by atoms with van der Waals surface area (Å²) in [7, 11) is 0. The summed E-state index contributed by atoms with van der Waals surface area (Å²) in [6.07, 6.45) is 5.29. The van der Waals surface area contributed by atoms with Crippen LogP contribution in [0.1, 0.15) is 12.3 Å². The van der Waals surface area contributed by atoms with Crippen molar-refractivity contribution in [1.29, 1.82) is 0 Å². The third-order valence-electron chi connectivity index (χ3n) is 2.54. The number of carbonyl (C=O) groups is 2. The molecule has 0 unspecified atom stereocenters. The van der Waals surface area contributed by atoms with Gasteiger partial charge in [-0.2, -0.15) is 16.3 Å². The number of carbonyl (C=O) groups excluding carboxylic acids is 2. The molecule has 0 aliphatic heterocycles. The van der Waals surface area contributed by atoms with Crippen LogP contribution in [0.5, 0.6) is 0 Å². The number of thiophene rings is 1. The molecule has 0 aliphatic rings. The highest BCUT2D eigenvalue weighted by Crippen LogP contribution is 2.18. The van der Waals surface area contributed by atoms with Crippen LogP contribution in [0, 0.1) is 12.3 Å². The third kappa shape index (κ3) is 4.71. The minimum atomic E-state index is -0.522. The smallest absolute Gasteiger partial charge is 0.306 e. The molecular weight excluding hydrogens is 306 g/mol. The molecule has 0 spiro atoms. The molecule has 2 aromatic heterocycles. The van der Waals surface area contributed by atoms with Crippen LogP contribution in [0.15, 0.2) is 21.3 Å². The van der Waals surface area contributed by atoms with Gasteiger partial charge < -0.3 is 14.6 Å². The Morgan fingerprint density at radius 1 is 1.50 bits per heavy atom. The van der Waals surface area contributed by atoms with Gasteiger partial charge in [0.15, 0.2) is 6.61 Å². The Kier molecular flexibility index (Phi) is 5.68. The fraction of sp³-hybridized carbons (Fsp3) is 0.286. The molecule has 2 heterocycles. The molecule has 114 valence electrons. The summed E-state index contributed by atoms with van der Waals surface area (Å²) in [6, 6.07) is 1.88. The SMILES string of the molecule is C#CCNC(=O)COC(=O)CCc1nc(-c2ccsc2)no1. The number of amides is 1. The van der Waals surface area contributed by atoms with Gasteiger partial charge in [-0.05, 0) is 11.4 Å². The molecule has 0 fully saturated rings. The van der Waals surface area contributed by atoms with Crippen molar-refractivity contribution >= 4 is 23.2 Å². The normalized spacial score (nSPS) is 9.95. The zero-order valence-corrected chi connectivity index (χ0v) is 12.4. The van der Waals surface area contributed by atoms with Crippen LogP contribution < -0.4 is 5.32 Å². The topological polar surface area (TPSA) is 94.3 Å². The molecule has 1 amide bonds. The van der Waals surface area contributed by atoms with E-state index in [0.29, 0.717) is 11.7 Å². The summed E-state index contributed by atoms with van der Waals surface area (Å²) >= 11 is 1.53. The summed E-state index contributed by atoms with van der Waals surface area (Å²) in [5, 5.41) is 10.0. The average Bonchev–Trinajstić information content (AvgIpc) is 3.19. The molecule has 2 aromatic rings. The van der Waals surface area contributed by atoms with Crippen LogP contribution in [0.2, 0.25) is 0 Å². The number of nitrogens with zero attached hydrogens (tertiary/aromatic N) is 2. The second-order valence-electron chi connectivity index (χ2n) is 4.17. The van der Waals surface area contributed by atoms with Gasteiger partial charge in [-0.1, -0.05) is 11.1 Å². The highest BCUT2D eigenvalue weighted by molar-refractivity contribution is 7.08. The van der Waals surface area contributed by atoms with Gasteiger partial charge in [0, 0.05) is 17.4 Å². The molecule has 1 N–H and O–H groups in total. The van der Waals surface area contributed by atoms with Gasteiger partial charge in [0.2, 0.25) is 11.7 Å². The number of hydrogen-bond donors (Lipinski definition) is 1. The number of terminal acetylenes is 1. The van der Waals surface area contributed by atoms with Crippen molar-refractivity contribution in [3.8, 4) is 23.7 Å². The van der Waals surface area contributed by atoms with E-state index in [1.807, 2.05) is 16.8 Å². The maximum atomic E-state index is 11.5. The summed E-state index contributed by atoms with van der Waals surface area (Å²) < 4.78 is 9.85. The summed E-state index contributed by atoms with van der Waals surface area (Å²) in [5.74, 6) is 2.11. The van der Waals surface area contributed by atoms with E-state index in [4.69, 9.17) is 15.7 Å². The number of ether oxygens (including phenoxy) is 1. The van der Waals surface area contributed by atoms with Crippen LogP contribution in [0.25, 0.3) is 11.4 Å².